The highest BCUT2D eigenvalue weighted by molar-refractivity contribution is 7.98. The molecule has 0 atom stereocenters. The minimum atomic E-state index is -0.0853. The van der Waals surface area contributed by atoms with Crippen LogP contribution in [0.4, 0.5) is 0 Å². The Morgan fingerprint density at radius 2 is 1.64 bits per heavy atom. The van der Waals surface area contributed by atoms with Gasteiger partial charge in [-0.15, -0.1) is 11.8 Å². The predicted molar refractivity (Wildman–Crippen MR) is 98.1 cm³/mol. The Morgan fingerprint density at radius 1 is 1.00 bits per heavy atom. The van der Waals surface area contributed by atoms with Crippen LogP contribution in [-0.2, 0) is 5.41 Å². The van der Waals surface area contributed by atoms with Crippen molar-refractivity contribution in [2.24, 2.45) is 0 Å². The molecule has 2 heteroatoms. The topological polar surface area (TPSA) is 20.2 Å². The summed E-state index contributed by atoms with van der Waals surface area (Å²) in [6.07, 6.45) is 2.08. The molecule has 2 aromatic carbocycles. The molecule has 0 radical (unpaired) electrons. The normalized spacial score (nSPS) is 12.0. The number of thioether (sulfide) groups is 1. The van der Waals surface area contributed by atoms with Crippen LogP contribution >= 0.6 is 11.8 Å². The molecule has 0 amide bonds. The molecule has 0 aliphatic heterocycles. The maximum Gasteiger partial charge on any atom is 0.127 e. The third-order valence-electron chi connectivity index (χ3n) is 4.00. The van der Waals surface area contributed by atoms with Gasteiger partial charge in [0.15, 0.2) is 0 Å². The van der Waals surface area contributed by atoms with Gasteiger partial charge in [-0.1, -0.05) is 58.9 Å². The van der Waals surface area contributed by atoms with E-state index in [2.05, 4.69) is 65.1 Å². The van der Waals surface area contributed by atoms with Gasteiger partial charge in [-0.3, -0.25) is 0 Å². The SMILES string of the molecule is CSc1ccccc1-c1cc(C(C)C)cc(C(C)(C)C)c1O. The molecule has 1 nitrogen and oxygen atoms in total. The van der Waals surface area contributed by atoms with E-state index in [4.69, 9.17) is 0 Å². The summed E-state index contributed by atoms with van der Waals surface area (Å²) in [5.74, 6) is 0.847. The highest BCUT2D eigenvalue weighted by Crippen LogP contribution is 2.43. The first-order chi connectivity index (χ1) is 10.3. The maximum atomic E-state index is 10.9. The van der Waals surface area contributed by atoms with Gasteiger partial charge in [-0.25, -0.2) is 0 Å². The molecule has 0 saturated carbocycles. The Hall–Kier alpha value is -1.41. The van der Waals surface area contributed by atoms with Crippen LogP contribution in [0.3, 0.4) is 0 Å². The zero-order valence-corrected chi connectivity index (χ0v) is 15.2. The van der Waals surface area contributed by atoms with Crippen LogP contribution in [-0.4, -0.2) is 11.4 Å². The lowest BCUT2D eigenvalue weighted by Crippen LogP contribution is -2.12. The lowest BCUT2D eigenvalue weighted by atomic mass is 9.81. The van der Waals surface area contributed by atoms with E-state index in [-0.39, 0.29) is 5.41 Å². The van der Waals surface area contributed by atoms with Crippen LogP contribution in [0.15, 0.2) is 41.3 Å². The van der Waals surface area contributed by atoms with E-state index in [1.807, 2.05) is 12.1 Å². The lowest BCUT2D eigenvalue weighted by Gasteiger charge is -2.25. The molecule has 0 saturated heterocycles. The fourth-order valence-electron chi connectivity index (χ4n) is 2.63. The molecule has 0 spiro atoms. The Balaban J connectivity index is 2.77. The van der Waals surface area contributed by atoms with E-state index in [0.29, 0.717) is 11.7 Å². The fourth-order valence-corrected chi connectivity index (χ4v) is 3.25. The summed E-state index contributed by atoms with van der Waals surface area (Å²) in [4.78, 5) is 1.19. The van der Waals surface area contributed by atoms with Gasteiger partial charge >= 0.3 is 0 Å². The molecule has 1 N–H and O–H groups in total. The third kappa shape index (κ3) is 3.33. The van der Waals surface area contributed by atoms with Crippen LogP contribution in [0.25, 0.3) is 11.1 Å². The van der Waals surface area contributed by atoms with E-state index in [9.17, 15) is 5.11 Å². The summed E-state index contributed by atoms with van der Waals surface area (Å²) in [7, 11) is 0. The van der Waals surface area contributed by atoms with Crippen LogP contribution in [0.2, 0.25) is 0 Å². The van der Waals surface area contributed by atoms with Crippen LogP contribution in [0.1, 0.15) is 51.7 Å². The smallest absolute Gasteiger partial charge is 0.127 e. The molecule has 0 bridgehead atoms. The zero-order chi connectivity index (χ0) is 16.5. The number of hydrogen-bond acceptors (Lipinski definition) is 2. The highest BCUT2D eigenvalue weighted by Gasteiger charge is 2.23. The second kappa shape index (κ2) is 6.37. The first kappa shape index (κ1) is 17.0. The maximum absolute atomic E-state index is 10.9. The lowest BCUT2D eigenvalue weighted by molar-refractivity contribution is 0.448. The van der Waals surface area contributed by atoms with Gasteiger partial charge in [-0.2, -0.15) is 0 Å². The Bertz CT molecular complexity index is 666. The van der Waals surface area contributed by atoms with Crippen molar-refractivity contribution in [2.75, 3.05) is 6.26 Å². The number of hydrogen-bond donors (Lipinski definition) is 1. The van der Waals surface area contributed by atoms with Crippen LogP contribution < -0.4 is 0 Å². The van der Waals surface area contributed by atoms with E-state index in [1.54, 1.807) is 11.8 Å². The van der Waals surface area contributed by atoms with E-state index < -0.39 is 0 Å². The molecule has 0 aliphatic rings. The summed E-state index contributed by atoms with van der Waals surface area (Å²) in [6.45, 7) is 10.8. The average Bonchev–Trinajstić information content (AvgIpc) is 2.46. The summed E-state index contributed by atoms with van der Waals surface area (Å²) in [5, 5.41) is 10.9. The predicted octanol–water partition coefficient (Wildman–Crippen LogP) is 6.20. The quantitative estimate of drug-likeness (QED) is 0.680. The number of rotatable bonds is 3. The summed E-state index contributed by atoms with van der Waals surface area (Å²) >= 11 is 1.72. The first-order valence-electron chi connectivity index (χ1n) is 7.76. The van der Waals surface area contributed by atoms with Crippen molar-refractivity contribution in [1.82, 2.24) is 0 Å². The molecule has 22 heavy (non-hydrogen) atoms. The van der Waals surface area contributed by atoms with Crippen molar-refractivity contribution in [3.05, 3.63) is 47.5 Å². The second-order valence-electron chi connectivity index (χ2n) is 7.07. The minimum Gasteiger partial charge on any atom is -0.507 e. The Labute approximate surface area is 138 Å². The standard InChI is InChI=1S/C20H26OS/c1-13(2)14-11-16(15-9-7-8-10-18(15)22-6)19(21)17(12-14)20(3,4)5/h7-13,21H,1-6H3. The molecule has 2 rings (SSSR count). The van der Waals surface area contributed by atoms with Crippen LogP contribution in [0, 0.1) is 0 Å². The van der Waals surface area contributed by atoms with E-state index >= 15 is 0 Å². The molecule has 0 aromatic heterocycles. The van der Waals surface area contributed by atoms with Gasteiger partial charge < -0.3 is 5.11 Å². The zero-order valence-electron chi connectivity index (χ0n) is 14.4. The summed E-state index contributed by atoms with van der Waals surface area (Å²) < 4.78 is 0. The number of aromatic hydroxyl groups is 1. The molecule has 0 aliphatic carbocycles. The molecular weight excluding hydrogens is 288 g/mol. The largest absolute Gasteiger partial charge is 0.507 e. The monoisotopic (exact) mass is 314 g/mol. The molecule has 0 unspecified atom stereocenters. The van der Waals surface area contributed by atoms with Gasteiger partial charge in [0.05, 0.1) is 0 Å². The third-order valence-corrected chi connectivity index (χ3v) is 4.80. The second-order valence-corrected chi connectivity index (χ2v) is 7.92. The van der Waals surface area contributed by atoms with Crippen LogP contribution in [0.5, 0.6) is 5.75 Å². The van der Waals surface area contributed by atoms with Crippen molar-refractivity contribution in [1.29, 1.82) is 0 Å². The molecule has 0 fully saturated rings. The molecule has 118 valence electrons. The molecule has 2 aromatic rings. The van der Waals surface area contributed by atoms with Gasteiger partial charge in [0.25, 0.3) is 0 Å². The van der Waals surface area contributed by atoms with E-state index in [0.717, 1.165) is 16.7 Å². The summed E-state index contributed by atoms with van der Waals surface area (Å²) in [5.41, 5.74) is 4.26. The highest BCUT2D eigenvalue weighted by atomic mass is 32.2. The van der Waals surface area contributed by atoms with Gasteiger partial charge in [0.2, 0.25) is 0 Å². The van der Waals surface area contributed by atoms with Gasteiger partial charge in [-0.05, 0) is 40.8 Å². The fraction of sp³-hybridized carbons (Fsp3) is 0.400. The number of phenolic OH excluding ortho intramolecular Hbond substituents is 1. The molecule has 0 heterocycles. The minimum absolute atomic E-state index is 0.0853. The van der Waals surface area contributed by atoms with E-state index in [1.165, 1.54) is 10.5 Å². The average molecular weight is 314 g/mol. The Morgan fingerprint density at radius 3 is 2.18 bits per heavy atom. The van der Waals surface area contributed by atoms with Crippen molar-refractivity contribution in [3.8, 4) is 16.9 Å². The van der Waals surface area contributed by atoms with Crippen molar-refractivity contribution >= 4 is 11.8 Å². The van der Waals surface area contributed by atoms with Crippen molar-refractivity contribution in [2.45, 2.75) is 50.8 Å². The molecular formula is C20H26OS. The number of benzene rings is 2. The van der Waals surface area contributed by atoms with Gasteiger partial charge in [0, 0.05) is 16.0 Å². The van der Waals surface area contributed by atoms with Crippen molar-refractivity contribution in [3.63, 3.8) is 0 Å². The van der Waals surface area contributed by atoms with Gasteiger partial charge in [0.1, 0.15) is 5.75 Å². The van der Waals surface area contributed by atoms with Crippen molar-refractivity contribution < 1.29 is 5.11 Å². The Kier molecular flexibility index (Phi) is 4.91. The first-order valence-corrected chi connectivity index (χ1v) is 8.99. The summed E-state index contributed by atoms with van der Waals surface area (Å²) in [6, 6.07) is 12.6. The number of phenols is 1.